The molecule has 0 radical (unpaired) electrons. The van der Waals surface area contributed by atoms with E-state index in [0.717, 1.165) is 5.57 Å². The van der Waals surface area contributed by atoms with E-state index in [2.05, 4.69) is 0 Å². The van der Waals surface area contributed by atoms with Crippen LogP contribution in [-0.2, 0) is 0 Å². The largest absolute Gasteiger partial charge is 0.506 e. The molecule has 1 atom stereocenters. The number of hydrogen-bond donors (Lipinski definition) is 3. The van der Waals surface area contributed by atoms with E-state index in [0.29, 0.717) is 16.9 Å². The minimum absolute atomic E-state index is 0.0256. The highest BCUT2D eigenvalue weighted by Crippen LogP contribution is 2.49. The molecule has 3 N–H and O–H groups in total. The SMILES string of the molecule is CC(C)=C[C@H]1Oc2cc(O)c(O)cc2-c2oc3cc4c(c(O)c3c(=O)c21)C=CC(C)(C)O4. The number of ether oxygens (including phenoxy) is 2. The molecule has 2 aliphatic heterocycles. The van der Waals surface area contributed by atoms with Crippen LogP contribution in [-0.4, -0.2) is 20.9 Å². The maximum absolute atomic E-state index is 13.7. The Morgan fingerprint density at radius 1 is 1.06 bits per heavy atom. The highest BCUT2D eigenvalue weighted by Gasteiger charge is 2.34. The standard InChI is InChI=1S/C25H22O7/c1-11(2)7-18-21-23(29)20-19(10-17-12(22(20)28)5-6-25(3,4)32-17)31-24(21)13-8-14(26)15(27)9-16(13)30-18/h5-10,18,26-28H,1-4H3/t18-/m1/s1. The monoisotopic (exact) mass is 434 g/mol. The topological polar surface area (TPSA) is 109 Å². The van der Waals surface area contributed by atoms with Crippen LogP contribution in [0.4, 0.5) is 0 Å². The zero-order valence-electron chi connectivity index (χ0n) is 18.0. The molecule has 0 bridgehead atoms. The second-order valence-corrected chi connectivity index (χ2v) is 8.84. The Bertz CT molecular complexity index is 1420. The fourth-order valence-electron chi connectivity index (χ4n) is 4.09. The molecule has 0 spiro atoms. The van der Waals surface area contributed by atoms with Crippen LogP contribution in [0.15, 0.2) is 45.1 Å². The van der Waals surface area contributed by atoms with Gasteiger partial charge in [0.2, 0.25) is 5.43 Å². The molecule has 0 saturated carbocycles. The van der Waals surface area contributed by atoms with Gasteiger partial charge in [-0.25, -0.2) is 0 Å². The Morgan fingerprint density at radius 2 is 1.78 bits per heavy atom. The number of phenolic OH excluding ortho intramolecular Hbond substituents is 3. The van der Waals surface area contributed by atoms with Gasteiger partial charge in [0, 0.05) is 12.1 Å². The van der Waals surface area contributed by atoms with Crippen molar-refractivity contribution in [1.82, 2.24) is 0 Å². The summed E-state index contributed by atoms with van der Waals surface area (Å²) in [4.78, 5) is 13.7. The molecule has 1 aromatic heterocycles. The van der Waals surface area contributed by atoms with Crippen molar-refractivity contribution in [3.05, 3.63) is 57.3 Å². The summed E-state index contributed by atoms with van der Waals surface area (Å²) in [6.45, 7) is 7.49. The number of allylic oxidation sites excluding steroid dienone is 1. The third-order valence-electron chi connectivity index (χ3n) is 5.56. The van der Waals surface area contributed by atoms with Gasteiger partial charge < -0.3 is 29.2 Å². The summed E-state index contributed by atoms with van der Waals surface area (Å²) in [5, 5.41) is 31.0. The Kier molecular flexibility index (Phi) is 4.11. The summed E-state index contributed by atoms with van der Waals surface area (Å²) in [7, 11) is 0. The molecule has 0 fully saturated rings. The van der Waals surface area contributed by atoms with Crippen molar-refractivity contribution in [2.75, 3.05) is 0 Å². The van der Waals surface area contributed by atoms with Gasteiger partial charge in [-0.15, -0.1) is 0 Å². The van der Waals surface area contributed by atoms with Gasteiger partial charge in [-0.3, -0.25) is 4.79 Å². The van der Waals surface area contributed by atoms with Crippen molar-refractivity contribution < 1.29 is 29.2 Å². The van der Waals surface area contributed by atoms with Crippen LogP contribution in [0, 0.1) is 0 Å². The molecule has 32 heavy (non-hydrogen) atoms. The minimum Gasteiger partial charge on any atom is -0.506 e. The van der Waals surface area contributed by atoms with E-state index in [9.17, 15) is 20.1 Å². The molecule has 2 aromatic carbocycles. The first kappa shape index (κ1) is 20.1. The Balaban J connectivity index is 1.88. The molecular formula is C25H22O7. The van der Waals surface area contributed by atoms with Gasteiger partial charge in [-0.1, -0.05) is 5.57 Å². The normalized spacial score (nSPS) is 17.6. The average molecular weight is 434 g/mol. The lowest BCUT2D eigenvalue weighted by molar-refractivity contribution is 0.158. The Hall–Kier alpha value is -3.87. The molecule has 0 saturated heterocycles. The van der Waals surface area contributed by atoms with Gasteiger partial charge in [0.25, 0.3) is 0 Å². The zero-order valence-corrected chi connectivity index (χ0v) is 18.0. The highest BCUT2D eigenvalue weighted by atomic mass is 16.5. The van der Waals surface area contributed by atoms with Gasteiger partial charge >= 0.3 is 0 Å². The predicted octanol–water partition coefficient (Wildman–Crippen LogP) is 5.16. The van der Waals surface area contributed by atoms with Crippen molar-refractivity contribution in [3.8, 4) is 40.1 Å². The smallest absolute Gasteiger partial charge is 0.204 e. The molecule has 2 aliphatic rings. The number of rotatable bonds is 1. The van der Waals surface area contributed by atoms with Gasteiger partial charge in [0.1, 0.15) is 45.7 Å². The van der Waals surface area contributed by atoms with Crippen molar-refractivity contribution in [3.63, 3.8) is 0 Å². The van der Waals surface area contributed by atoms with Crippen LogP contribution in [0.2, 0.25) is 0 Å². The second-order valence-electron chi connectivity index (χ2n) is 8.84. The summed E-state index contributed by atoms with van der Waals surface area (Å²) in [6.07, 6.45) is 4.50. The quantitative estimate of drug-likeness (QED) is 0.358. The second kappa shape index (κ2) is 6.56. The van der Waals surface area contributed by atoms with Crippen LogP contribution in [0.3, 0.4) is 0 Å². The molecule has 7 heteroatoms. The molecule has 3 aromatic rings. The first-order valence-electron chi connectivity index (χ1n) is 10.2. The fourth-order valence-corrected chi connectivity index (χ4v) is 4.09. The van der Waals surface area contributed by atoms with E-state index in [1.54, 1.807) is 18.2 Å². The average Bonchev–Trinajstić information content (AvgIpc) is 2.68. The van der Waals surface area contributed by atoms with E-state index < -0.39 is 17.1 Å². The molecule has 3 heterocycles. The van der Waals surface area contributed by atoms with Crippen LogP contribution in [0.1, 0.15) is 44.9 Å². The number of phenols is 3. The van der Waals surface area contributed by atoms with Crippen LogP contribution >= 0.6 is 0 Å². The van der Waals surface area contributed by atoms with Crippen molar-refractivity contribution in [2.45, 2.75) is 39.4 Å². The van der Waals surface area contributed by atoms with E-state index in [4.69, 9.17) is 13.9 Å². The highest BCUT2D eigenvalue weighted by molar-refractivity contribution is 5.93. The molecule has 0 amide bonds. The number of hydrogen-bond acceptors (Lipinski definition) is 7. The lowest BCUT2D eigenvalue weighted by Crippen LogP contribution is -2.27. The summed E-state index contributed by atoms with van der Waals surface area (Å²) in [6, 6.07) is 4.16. The molecule has 7 nitrogen and oxygen atoms in total. The third kappa shape index (κ3) is 2.92. The maximum Gasteiger partial charge on any atom is 0.204 e. The van der Waals surface area contributed by atoms with Gasteiger partial charge in [0.05, 0.1) is 16.7 Å². The van der Waals surface area contributed by atoms with Crippen LogP contribution in [0.25, 0.3) is 28.4 Å². The van der Waals surface area contributed by atoms with E-state index >= 15 is 0 Å². The molecule has 0 aliphatic carbocycles. The van der Waals surface area contributed by atoms with Gasteiger partial charge in [-0.05, 0) is 52.0 Å². The maximum atomic E-state index is 13.7. The minimum atomic E-state index is -0.798. The summed E-state index contributed by atoms with van der Waals surface area (Å²) < 4.78 is 18.1. The summed E-state index contributed by atoms with van der Waals surface area (Å²) >= 11 is 0. The number of aromatic hydroxyl groups is 3. The summed E-state index contributed by atoms with van der Waals surface area (Å²) in [5.41, 5.74) is 0.953. The molecule has 164 valence electrons. The van der Waals surface area contributed by atoms with Crippen molar-refractivity contribution >= 4 is 17.0 Å². The lowest BCUT2D eigenvalue weighted by Gasteiger charge is -2.29. The van der Waals surface area contributed by atoms with Crippen molar-refractivity contribution in [1.29, 1.82) is 0 Å². The lowest BCUT2D eigenvalue weighted by atomic mass is 9.94. The van der Waals surface area contributed by atoms with E-state index in [1.165, 1.54) is 12.1 Å². The van der Waals surface area contributed by atoms with E-state index in [1.807, 2.05) is 33.8 Å². The Morgan fingerprint density at radius 3 is 2.50 bits per heavy atom. The predicted molar refractivity (Wildman–Crippen MR) is 119 cm³/mol. The van der Waals surface area contributed by atoms with Crippen LogP contribution in [0.5, 0.6) is 28.7 Å². The first-order chi connectivity index (χ1) is 15.1. The zero-order chi connectivity index (χ0) is 22.9. The fraction of sp³-hybridized carbons (Fsp3) is 0.240. The van der Waals surface area contributed by atoms with Gasteiger partial charge in [0.15, 0.2) is 11.5 Å². The first-order valence-corrected chi connectivity index (χ1v) is 10.2. The molecule has 0 unspecified atom stereocenters. The summed E-state index contributed by atoms with van der Waals surface area (Å²) in [5.74, 6) is -0.0826. The van der Waals surface area contributed by atoms with Crippen LogP contribution < -0.4 is 14.9 Å². The molecular weight excluding hydrogens is 412 g/mol. The number of fused-ring (bicyclic) bond motifs is 5. The number of benzene rings is 2. The van der Waals surface area contributed by atoms with Crippen molar-refractivity contribution in [2.24, 2.45) is 0 Å². The third-order valence-corrected chi connectivity index (χ3v) is 5.56. The van der Waals surface area contributed by atoms with Gasteiger partial charge in [-0.2, -0.15) is 0 Å². The molecule has 5 rings (SSSR count). The van der Waals surface area contributed by atoms with E-state index in [-0.39, 0.29) is 45.3 Å². The Labute approximate surface area is 183 Å².